The number of ketones is 3. The van der Waals surface area contributed by atoms with Crippen molar-refractivity contribution >= 4 is 17.3 Å². The first-order chi connectivity index (χ1) is 24.0. The van der Waals surface area contributed by atoms with Crippen LogP contribution in [-0.2, 0) is 30.1 Å². The quantitative estimate of drug-likeness (QED) is 0.223. The van der Waals surface area contributed by atoms with E-state index in [4.69, 9.17) is 23.7 Å². The van der Waals surface area contributed by atoms with Crippen LogP contribution in [0.1, 0.15) is 119 Å². The van der Waals surface area contributed by atoms with Crippen LogP contribution in [0.3, 0.4) is 0 Å². The molecule has 0 radical (unpaired) electrons. The molecule has 0 spiro atoms. The number of Topliss-reactive ketones (excluding diaryl/α,β-unsaturated/α-hetero) is 1. The molecule has 5 aliphatic rings. The minimum atomic E-state index is -1.42. The molecule has 0 amide bonds. The molecule has 2 aliphatic carbocycles. The van der Waals surface area contributed by atoms with Crippen LogP contribution in [0.15, 0.2) is 18.2 Å². The summed E-state index contributed by atoms with van der Waals surface area (Å²) in [6, 6.07) is 3.98. The molecule has 14 nitrogen and oxygen atoms in total. The number of benzene rings is 2. The van der Waals surface area contributed by atoms with Gasteiger partial charge in [-0.1, -0.05) is 6.07 Å². The molecule has 2 aromatic carbocycles. The Morgan fingerprint density at radius 3 is 2.12 bits per heavy atom. The topological polar surface area (TPSA) is 219 Å². The summed E-state index contributed by atoms with van der Waals surface area (Å²) in [5.41, 5.74) is -1.98. The van der Waals surface area contributed by atoms with Crippen LogP contribution in [0, 0.1) is 0 Å². The highest BCUT2D eigenvalue weighted by molar-refractivity contribution is 6.32. The molecule has 7 rings (SSSR count). The molecule has 51 heavy (non-hydrogen) atoms. The van der Waals surface area contributed by atoms with Crippen LogP contribution in [0.4, 0.5) is 0 Å². The van der Waals surface area contributed by atoms with Crippen LogP contribution < -0.4 is 0 Å². The van der Waals surface area contributed by atoms with Gasteiger partial charge in [-0.3, -0.25) is 14.4 Å². The van der Waals surface area contributed by atoms with E-state index in [0.717, 1.165) is 6.07 Å². The minimum absolute atomic E-state index is 0.0709. The minimum Gasteiger partial charge on any atom is -0.508 e. The van der Waals surface area contributed by atoms with Gasteiger partial charge in [0.25, 0.3) is 0 Å². The zero-order chi connectivity index (χ0) is 36.7. The van der Waals surface area contributed by atoms with Crippen molar-refractivity contribution in [2.24, 2.45) is 0 Å². The van der Waals surface area contributed by atoms with Gasteiger partial charge in [0.2, 0.25) is 0 Å². The van der Waals surface area contributed by atoms with Gasteiger partial charge in [0.05, 0.1) is 53.9 Å². The smallest absolute Gasteiger partial charge is 0.198 e. The Morgan fingerprint density at radius 2 is 1.41 bits per heavy atom. The third-order valence-electron chi connectivity index (χ3n) is 10.9. The number of carbonyl (C=O) groups excluding carboxylic acids is 3. The van der Waals surface area contributed by atoms with Crippen molar-refractivity contribution in [2.75, 3.05) is 0 Å². The third kappa shape index (κ3) is 6.40. The van der Waals surface area contributed by atoms with Gasteiger partial charge < -0.3 is 54.3 Å². The summed E-state index contributed by atoms with van der Waals surface area (Å²) < 4.78 is 30.2. The summed E-state index contributed by atoms with van der Waals surface area (Å²) in [6.45, 7) is 6.59. The maximum atomic E-state index is 13.9. The monoisotopic (exact) mass is 712 g/mol. The first kappa shape index (κ1) is 36.1. The number of fused-ring (bicyclic) bond motifs is 4. The molecular weight excluding hydrogens is 668 g/mol. The van der Waals surface area contributed by atoms with E-state index in [9.17, 15) is 45.0 Å². The van der Waals surface area contributed by atoms with Crippen molar-refractivity contribution in [1.29, 1.82) is 0 Å². The number of phenols is 2. The highest BCUT2D eigenvalue weighted by atomic mass is 16.7. The Morgan fingerprint density at radius 1 is 0.745 bits per heavy atom. The zero-order valence-electron chi connectivity index (χ0n) is 28.8. The van der Waals surface area contributed by atoms with Gasteiger partial charge in [0.1, 0.15) is 23.7 Å². The molecule has 12 atom stereocenters. The Kier molecular flexibility index (Phi) is 9.39. The Bertz CT molecular complexity index is 1740. The number of ether oxygens (including phenoxy) is 5. The second-order valence-corrected chi connectivity index (χ2v) is 14.8. The van der Waals surface area contributed by atoms with E-state index >= 15 is 0 Å². The maximum absolute atomic E-state index is 13.9. The highest BCUT2D eigenvalue weighted by Crippen LogP contribution is 2.46. The summed E-state index contributed by atoms with van der Waals surface area (Å²) in [6.07, 6.45) is -7.44. The molecule has 0 bridgehead atoms. The van der Waals surface area contributed by atoms with Crippen LogP contribution in [0.25, 0.3) is 0 Å². The number of aromatic hydroxyl groups is 2. The zero-order valence-corrected chi connectivity index (χ0v) is 28.8. The van der Waals surface area contributed by atoms with E-state index in [1.54, 1.807) is 13.8 Å². The summed E-state index contributed by atoms with van der Waals surface area (Å²) in [5.74, 6) is -2.87. The largest absolute Gasteiger partial charge is 0.508 e. The predicted molar refractivity (Wildman–Crippen MR) is 175 cm³/mol. The molecule has 0 aromatic heterocycles. The Hall–Kier alpha value is -3.31. The first-order valence-corrected chi connectivity index (χ1v) is 17.5. The molecule has 0 unspecified atom stereocenters. The number of hydrogen-bond donors (Lipinski definition) is 6. The van der Waals surface area contributed by atoms with Gasteiger partial charge in [-0.2, -0.15) is 0 Å². The van der Waals surface area contributed by atoms with Gasteiger partial charge in [0.15, 0.2) is 29.9 Å². The number of phenolic OH excluding ortho intramolecular Hbond substituents is 2. The first-order valence-electron chi connectivity index (χ1n) is 17.5. The summed E-state index contributed by atoms with van der Waals surface area (Å²) in [5, 5.41) is 64.0. The molecule has 14 heteroatoms. The van der Waals surface area contributed by atoms with Crippen LogP contribution in [0.5, 0.6) is 11.5 Å². The number of carbonyl (C=O) groups is 3. The molecule has 6 N–H and O–H groups in total. The summed E-state index contributed by atoms with van der Waals surface area (Å²) in [7, 11) is 0. The average molecular weight is 713 g/mol. The van der Waals surface area contributed by atoms with E-state index < -0.39 is 95.9 Å². The lowest BCUT2D eigenvalue weighted by atomic mass is 9.72. The molecule has 3 aliphatic heterocycles. The summed E-state index contributed by atoms with van der Waals surface area (Å²) in [4.78, 5) is 40.9. The van der Waals surface area contributed by atoms with Crippen molar-refractivity contribution in [3.05, 3.63) is 57.1 Å². The SMILES string of the molecule is C[C@@H]1O[C@@H](O[C@@H]2C[C@H](c3ccc4c(c3O)C(=O)c3cc(O)c5c(c3C4=O)C(=O)C[C@](C)(O)C5)O[C@H](C)[C@H]2O)CC[C@@H]1O[C@H]1C[C@@H](O)[C@H](O)[C@@H](C)O1. The molecule has 3 saturated heterocycles. The van der Waals surface area contributed by atoms with Gasteiger partial charge in [0, 0.05) is 65.5 Å². The molecular formula is C37H44O14. The van der Waals surface area contributed by atoms with E-state index in [0.29, 0.717) is 12.8 Å². The second-order valence-electron chi connectivity index (χ2n) is 14.8. The van der Waals surface area contributed by atoms with Gasteiger partial charge in [-0.25, -0.2) is 0 Å². The lowest BCUT2D eigenvalue weighted by Gasteiger charge is -2.43. The molecule has 3 heterocycles. The average Bonchev–Trinajstić information content (AvgIpc) is 3.05. The van der Waals surface area contributed by atoms with Crippen LogP contribution in [0.2, 0.25) is 0 Å². The number of aliphatic hydroxyl groups excluding tert-OH is 3. The van der Waals surface area contributed by atoms with Crippen LogP contribution in [-0.4, -0.2) is 115 Å². The lowest BCUT2D eigenvalue weighted by molar-refractivity contribution is -0.306. The Balaban J connectivity index is 1.08. The standard InChI is InChI=1S/C37H44O14/c1-14-24(50-28-10-22(39)32(41)15(2)49-28)7-8-27(48-14)51-26-11-25(47-16(3)33(26)42)17-5-6-18-31(34(17)43)36(45)19-9-21(38)20-12-37(4,46)13-23(40)29(20)30(19)35(18)44/h5-6,9,14-16,22,24-28,32-33,38-39,41-43,46H,7-8,10-13H2,1-4H3/t14-,15+,16+,22+,24-,25+,26+,27-,28-,32+,33+,37+/m0/s1. The van der Waals surface area contributed by atoms with Gasteiger partial charge in [-0.15, -0.1) is 0 Å². The second kappa shape index (κ2) is 13.3. The van der Waals surface area contributed by atoms with Crippen molar-refractivity contribution in [2.45, 2.75) is 139 Å². The van der Waals surface area contributed by atoms with Crippen molar-refractivity contribution in [3.8, 4) is 11.5 Å². The van der Waals surface area contributed by atoms with Gasteiger partial charge in [-0.05, 0) is 46.2 Å². The van der Waals surface area contributed by atoms with Crippen molar-refractivity contribution in [1.82, 2.24) is 0 Å². The molecule has 0 saturated carbocycles. The molecule has 3 fully saturated rings. The fourth-order valence-corrected chi connectivity index (χ4v) is 8.14. The molecule has 2 aromatic rings. The maximum Gasteiger partial charge on any atom is 0.198 e. The fraction of sp³-hybridized carbons (Fsp3) is 0.595. The van der Waals surface area contributed by atoms with Crippen LogP contribution >= 0.6 is 0 Å². The normalized spacial score (nSPS) is 38.2. The number of rotatable bonds is 5. The predicted octanol–water partition coefficient (Wildman–Crippen LogP) is 2.12. The highest BCUT2D eigenvalue weighted by Gasteiger charge is 2.45. The Labute approximate surface area is 293 Å². The lowest BCUT2D eigenvalue weighted by Crippen LogP contribution is -2.51. The van der Waals surface area contributed by atoms with E-state index in [2.05, 4.69) is 0 Å². The van der Waals surface area contributed by atoms with E-state index in [1.165, 1.54) is 19.1 Å². The van der Waals surface area contributed by atoms with E-state index in [1.807, 2.05) is 6.92 Å². The van der Waals surface area contributed by atoms with E-state index in [-0.39, 0.29) is 70.7 Å². The summed E-state index contributed by atoms with van der Waals surface area (Å²) >= 11 is 0. The third-order valence-corrected chi connectivity index (χ3v) is 10.9. The molecule has 276 valence electrons. The van der Waals surface area contributed by atoms with Crippen molar-refractivity contribution in [3.63, 3.8) is 0 Å². The number of hydrogen-bond acceptors (Lipinski definition) is 14. The van der Waals surface area contributed by atoms with Gasteiger partial charge >= 0.3 is 0 Å². The number of aliphatic hydroxyl groups is 4. The van der Waals surface area contributed by atoms with Crippen molar-refractivity contribution < 1.29 is 68.7 Å². The fourth-order valence-electron chi connectivity index (χ4n) is 8.14.